The van der Waals surface area contributed by atoms with Crippen LogP contribution in [0.4, 0.5) is 13.2 Å². The summed E-state index contributed by atoms with van der Waals surface area (Å²) in [5, 5.41) is 0. The molecule has 0 aliphatic heterocycles. The highest BCUT2D eigenvalue weighted by Crippen LogP contribution is 2.23. The average molecular weight is 399 g/mol. The van der Waals surface area contributed by atoms with Crippen molar-refractivity contribution in [3.8, 4) is 0 Å². The molecule has 0 saturated heterocycles. The first-order valence-electron chi connectivity index (χ1n) is 10.7. The predicted octanol–water partition coefficient (Wildman–Crippen LogP) is 8.17. The van der Waals surface area contributed by atoms with Gasteiger partial charge in [0, 0.05) is 12.2 Å². The molecule has 0 atom stereocenters. The van der Waals surface area contributed by atoms with Gasteiger partial charge in [0.25, 0.3) is 0 Å². The Morgan fingerprint density at radius 3 is 1.50 bits per heavy atom. The quantitative estimate of drug-likeness (QED) is 0.203. The van der Waals surface area contributed by atoms with Crippen LogP contribution >= 0.6 is 11.8 Å². The van der Waals surface area contributed by atoms with Crippen molar-refractivity contribution in [2.24, 2.45) is 0 Å². The molecule has 0 rings (SSSR count). The van der Waals surface area contributed by atoms with Crippen LogP contribution in [0.3, 0.4) is 0 Å². The predicted molar refractivity (Wildman–Crippen MR) is 109 cm³/mol. The zero-order chi connectivity index (χ0) is 19.5. The smallest absolute Gasteiger partial charge is 0.378 e. The Hall–Kier alpha value is 0.100. The molecule has 0 saturated carbocycles. The summed E-state index contributed by atoms with van der Waals surface area (Å²) in [6, 6.07) is 0. The van der Waals surface area contributed by atoms with Crippen molar-refractivity contribution in [3.63, 3.8) is 0 Å². The van der Waals surface area contributed by atoms with E-state index in [0.29, 0.717) is 12.5 Å². The molecule has 0 spiro atoms. The maximum absolute atomic E-state index is 12.0. The molecule has 0 radical (unpaired) electrons. The zero-order valence-electron chi connectivity index (χ0n) is 17.0. The minimum absolute atomic E-state index is 0.299. The molecule has 158 valence electrons. The van der Waals surface area contributed by atoms with Crippen LogP contribution in [-0.2, 0) is 4.74 Å². The third kappa shape index (κ3) is 24.1. The van der Waals surface area contributed by atoms with Crippen LogP contribution in [-0.4, -0.2) is 30.4 Å². The molecular weight excluding hydrogens is 357 g/mol. The van der Waals surface area contributed by atoms with E-state index >= 15 is 0 Å². The highest BCUT2D eigenvalue weighted by atomic mass is 32.2. The molecule has 0 aliphatic rings. The van der Waals surface area contributed by atoms with Gasteiger partial charge in [-0.1, -0.05) is 70.6 Å². The number of rotatable bonds is 19. The molecule has 0 aromatic carbocycles. The van der Waals surface area contributed by atoms with Crippen molar-refractivity contribution < 1.29 is 17.9 Å². The van der Waals surface area contributed by atoms with Gasteiger partial charge >= 0.3 is 6.18 Å². The van der Waals surface area contributed by atoms with Crippen LogP contribution in [0.5, 0.6) is 0 Å². The molecule has 0 N–H and O–H groups in total. The van der Waals surface area contributed by atoms with Gasteiger partial charge in [-0.25, -0.2) is 0 Å². The molecule has 0 heterocycles. The Morgan fingerprint density at radius 2 is 1.08 bits per heavy atom. The molecule has 26 heavy (non-hydrogen) atoms. The number of alkyl halides is 3. The second-order valence-electron chi connectivity index (χ2n) is 7.49. The van der Waals surface area contributed by atoms with E-state index in [4.69, 9.17) is 4.74 Å². The lowest BCUT2D eigenvalue weighted by molar-refractivity contribution is -0.135. The molecule has 0 bridgehead atoms. The topological polar surface area (TPSA) is 9.23 Å². The number of unbranched alkanes of at least 4 members (excludes halogenated alkanes) is 12. The van der Waals surface area contributed by atoms with Gasteiger partial charge in [0.15, 0.2) is 0 Å². The summed E-state index contributed by atoms with van der Waals surface area (Å²) in [6.45, 7) is 5.02. The van der Waals surface area contributed by atoms with Gasteiger partial charge < -0.3 is 4.74 Å². The molecule has 1 nitrogen and oxygen atoms in total. The third-order valence-corrected chi connectivity index (χ3v) is 5.46. The van der Waals surface area contributed by atoms with Crippen LogP contribution in [0.1, 0.15) is 104 Å². The first kappa shape index (κ1) is 26.1. The van der Waals surface area contributed by atoms with Gasteiger partial charge in [0.1, 0.15) is 0 Å². The van der Waals surface area contributed by atoms with Gasteiger partial charge in [-0.05, 0) is 32.4 Å². The van der Waals surface area contributed by atoms with E-state index in [2.05, 4.69) is 13.8 Å². The number of halogens is 3. The van der Waals surface area contributed by atoms with Crippen LogP contribution in [0, 0.1) is 0 Å². The van der Waals surface area contributed by atoms with Gasteiger partial charge in [0.2, 0.25) is 0 Å². The maximum Gasteiger partial charge on any atom is 0.389 e. The average Bonchev–Trinajstić information content (AvgIpc) is 2.55. The van der Waals surface area contributed by atoms with E-state index in [1.807, 2.05) is 11.8 Å². The minimum Gasteiger partial charge on any atom is -0.378 e. The Kier molecular flexibility index (Phi) is 18.5. The molecule has 0 amide bonds. The van der Waals surface area contributed by atoms with Gasteiger partial charge in [-0.15, -0.1) is 0 Å². The molecular formula is C21H41F3OS. The summed E-state index contributed by atoms with van der Waals surface area (Å²) in [7, 11) is 0. The van der Waals surface area contributed by atoms with Crippen molar-refractivity contribution in [2.75, 3.05) is 18.1 Å². The number of thioether (sulfide) groups is 1. The lowest BCUT2D eigenvalue weighted by Crippen LogP contribution is -2.06. The molecule has 5 heteroatoms. The Balaban J connectivity index is 3.03. The van der Waals surface area contributed by atoms with E-state index in [9.17, 15) is 13.2 Å². The van der Waals surface area contributed by atoms with Crippen molar-refractivity contribution >= 4 is 11.8 Å². The van der Waals surface area contributed by atoms with E-state index in [1.165, 1.54) is 63.5 Å². The van der Waals surface area contributed by atoms with Crippen LogP contribution < -0.4 is 0 Å². The lowest BCUT2D eigenvalue weighted by Gasteiger charge is -2.07. The fourth-order valence-corrected chi connectivity index (χ4v) is 3.75. The van der Waals surface area contributed by atoms with Crippen LogP contribution in [0.15, 0.2) is 0 Å². The van der Waals surface area contributed by atoms with E-state index < -0.39 is 12.6 Å². The van der Waals surface area contributed by atoms with E-state index in [-0.39, 0.29) is 0 Å². The summed E-state index contributed by atoms with van der Waals surface area (Å²) in [4.78, 5) is 0. The summed E-state index contributed by atoms with van der Waals surface area (Å²) in [5.41, 5.74) is 0. The fourth-order valence-electron chi connectivity index (χ4n) is 2.92. The SMILES string of the molecule is CC(C)OCCSCCCCCCCCCCCCCCCC(F)(F)F. The van der Waals surface area contributed by atoms with Crippen LogP contribution in [0.2, 0.25) is 0 Å². The number of ether oxygens (including phenoxy) is 1. The largest absolute Gasteiger partial charge is 0.389 e. The summed E-state index contributed by atoms with van der Waals surface area (Å²) >= 11 is 2.00. The standard InChI is InChI=1S/C21H41F3OS/c1-20(2)25-17-19-26-18-15-13-11-9-7-5-3-4-6-8-10-12-14-16-21(22,23)24/h20H,3-19H2,1-2H3. The van der Waals surface area contributed by atoms with Crippen molar-refractivity contribution in [2.45, 2.75) is 116 Å². The van der Waals surface area contributed by atoms with E-state index in [1.54, 1.807) is 0 Å². The third-order valence-electron chi connectivity index (χ3n) is 4.43. The van der Waals surface area contributed by atoms with Gasteiger partial charge in [-0.3, -0.25) is 0 Å². The fraction of sp³-hybridized carbons (Fsp3) is 1.00. The Morgan fingerprint density at radius 1 is 0.654 bits per heavy atom. The summed E-state index contributed by atoms with van der Waals surface area (Å²) in [5.74, 6) is 2.37. The first-order valence-corrected chi connectivity index (χ1v) is 11.8. The highest BCUT2D eigenvalue weighted by Gasteiger charge is 2.25. The van der Waals surface area contributed by atoms with Gasteiger partial charge in [0.05, 0.1) is 12.7 Å². The number of hydrogen-bond acceptors (Lipinski definition) is 2. The Bertz CT molecular complexity index is 283. The van der Waals surface area contributed by atoms with Crippen molar-refractivity contribution in [1.82, 2.24) is 0 Å². The zero-order valence-corrected chi connectivity index (χ0v) is 17.9. The maximum atomic E-state index is 12.0. The van der Waals surface area contributed by atoms with Crippen molar-refractivity contribution in [3.05, 3.63) is 0 Å². The summed E-state index contributed by atoms with van der Waals surface area (Å²) in [6.07, 6.45) is 10.6. The van der Waals surface area contributed by atoms with E-state index in [0.717, 1.165) is 31.6 Å². The monoisotopic (exact) mass is 398 g/mol. The molecule has 0 aromatic rings. The molecule has 0 aliphatic carbocycles. The molecule has 0 aromatic heterocycles. The highest BCUT2D eigenvalue weighted by molar-refractivity contribution is 7.99. The Labute approximate surface area is 164 Å². The lowest BCUT2D eigenvalue weighted by atomic mass is 10.0. The normalized spacial score (nSPS) is 12.2. The first-order chi connectivity index (χ1) is 12.4. The summed E-state index contributed by atoms with van der Waals surface area (Å²) < 4.78 is 41.5. The van der Waals surface area contributed by atoms with Crippen molar-refractivity contribution in [1.29, 1.82) is 0 Å². The molecule has 0 fully saturated rings. The van der Waals surface area contributed by atoms with Crippen LogP contribution in [0.25, 0.3) is 0 Å². The number of hydrogen-bond donors (Lipinski definition) is 0. The molecule has 0 unspecified atom stereocenters. The second-order valence-corrected chi connectivity index (χ2v) is 8.72. The minimum atomic E-state index is -3.97. The van der Waals surface area contributed by atoms with Gasteiger partial charge in [-0.2, -0.15) is 24.9 Å². The second kappa shape index (κ2) is 18.5.